The average molecular weight is 861 g/mol. The van der Waals surface area contributed by atoms with Gasteiger partial charge in [0.1, 0.15) is 13.2 Å². The van der Waals surface area contributed by atoms with Crippen LogP contribution in [-0.2, 0) is 28.6 Å². The Morgan fingerprint density at radius 2 is 0.541 bits per heavy atom. The second-order valence-electron chi connectivity index (χ2n) is 18.5. The Labute approximate surface area is 380 Å². The molecule has 0 fully saturated rings. The molecule has 0 aromatic carbocycles. The number of carbonyl (C=O) groups is 3. The van der Waals surface area contributed by atoms with Crippen molar-refractivity contribution in [2.24, 2.45) is 0 Å². The van der Waals surface area contributed by atoms with E-state index in [1.807, 2.05) is 0 Å². The summed E-state index contributed by atoms with van der Waals surface area (Å²) < 4.78 is 16.8. The Bertz CT molecular complexity index is 947. The van der Waals surface area contributed by atoms with Gasteiger partial charge in [0.25, 0.3) is 0 Å². The first-order chi connectivity index (χ1) is 30.0. The largest absolute Gasteiger partial charge is 0.462 e. The number of allylic oxidation sites excluding steroid dienone is 2. The third-order valence-electron chi connectivity index (χ3n) is 12.3. The molecule has 0 radical (unpaired) electrons. The monoisotopic (exact) mass is 861 g/mol. The number of ether oxygens (including phenoxy) is 3. The normalized spacial score (nSPS) is 12.0. The van der Waals surface area contributed by atoms with Crippen LogP contribution in [0, 0.1) is 0 Å². The van der Waals surface area contributed by atoms with Gasteiger partial charge < -0.3 is 14.2 Å². The van der Waals surface area contributed by atoms with Crippen LogP contribution >= 0.6 is 0 Å². The van der Waals surface area contributed by atoms with Crippen LogP contribution in [0.5, 0.6) is 0 Å². The van der Waals surface area contributed by atoms with Gasteiger partial charge in [-0.2, -0.15) is 0 Å². The van der Waals surface area contributed by atoms with Crippen LogP contribution in [0.25, 0.3) is 0 Å². The zero-order valence-corrected chi connectivity index (χ0v) is 41.2. The molecular weight excluding hydrogens is 757 g/mol. The number of unbranched alkanes of at least 4 members (excludes halogenated alkanes) is 37. The molecule has 0 amide bonds. The van der Waals surface area contributed by atoms with E-state index in [1.165, 1.54) is 205 Å². The number of esters is 3. The van der Waals surface area contributed by atoms with Crippen molar-refractivity contribution in [3.8, 4) is 0 Å². The molecule has 0 aromatic heterocycles. The molecule has 0 aliphatic heterocycles. The number of rotatable bonds is 50. The van der Waals surface area contributed by atoms with Crippen molar-refractivity contribution in [2.75, 3.05) is 13.2 Å². The van der Waals surface area contributed by atoms with Gasteiger partial charge in [0.05, 0.1) is 0 Å². The van der Waals surface area contributed by atoms with Gasteiger partial charge in [-0.15, -0.1) is 0 Å². The molecule has 0 spiro atoms. The topological polar surface area (TPSA) is 78.9 Å². The highest BCUT2D eigenvalue weighted by Crippen LogP contribution is 2.17. The predicted octanol–water partition coefficient (Wildman–Crippen LogP) is 17.8. The lowest BCUT2D eigenvalue weighted by Crippen LogP contribution is -2.30. The van der Waals surface area contributed by atoms with E-state index >= 15 is 0 Å². The number of carbonyl (C=O) groups excluding carboxylic acids is 3. The summed E-state index contributed by atoms with van der Waals surface area (Å²) in [4.78, 5) is 38.0. The maximum Gasteiger partial charge on any atom is 0.306 e. The third kappa shape index (κ3) is 49.0. The van der Waals surface area contributed by atoms with Crippen LogP contribution in [0.2, 0.25) is 0 Å². The average Bonchev–Trinajstić information content (AvgIpc) is 3.26. The van der Waals surface area contributed by atoms with Gasteiger partial charge in [-0.05, 0) is 44.9 Å². The molecule has 0 N–H and O–H groups in total. The lowest BCUT2D eigenvalue weighted by atomic mass is 10.0. The molecule has 61 heavy (non-hydrogen) atoms. The molecule has 0 saturated carbocycles. The van der Waals surface area contributed by atoms with Gasteiger partial charge in [-0.3, -0.25) is 14.4 Å². The van der Waals surface area contributed by atoms with E-state index in [1.54, 1.807) is 0 Å². The van der Waals surface area contributed by atoms with Crippen LogP contribution in [0.15, 0.2) is 12.2 Å². The van der Waals surface area contributed by atoms with Crippen molar-refractivity contribution in [2.45, 2.75) is 309 Å². The molecule has 0 saturated heterocycles. The molecule has 6 nitrogen and oxygen atoms in total. The summed E-state index contributed by atoms with van der Waals surface area (Å²) in [5, 5.41) is 0. The van der Waals surface area contributed by atoms with Crippen LogP contribution in [0.4, 0.5) is 0 Å². The second kappa shape index (κ2) is 50.8. The van der Waals surface area contributed by atoms with Crippen molar-refractivity contribution >= 4 is 17.9 Å². The van der Waals surface area contributed by atoms with Crippen LogP contribution in [0.1, 0.15) is 303 Å². The van der Waals surface area contributed by atoms with Gasteiger partial charge in [0, 0.05) is 19.3 Å². The van der Waals surface area contributed by atoms with E-state index < -0.39 is 6.10 Å². The molecule has 0 aromatic rings. The van der Waals surface area contributed by atoms with Crippen molar-refractivity contribution < 1.29 is 28.6 Å². The Kier molecular flexibility index (Phi) is 49.3. The third-order valence-corrected chi connectivity index (χ3v) is 12.3. The first kappa shape index (κ1) is 59.1. The zero-order valence-electron chi connectivity index (χ0n) is 41.2. The maximum atomic E-state index is 12.8. The lowest BCUT2D eigenvalue weighted by Gasteiger charge is -2.18. The summed E-state index contributed by atoms with van der Waals surface area (Å²) in [6.07, 6.45) is 56.2. The standard InChI is InChI=1S/C55H104O6/c1-4-7-10-13-16-19-22-24-26-27-29-31-34-36-39-42-45-48-54(57)60-51-52(61-55(58)49-46-43-40-37-32-21-18-15-12-9-6-3)50-59-53(56)47-44-41-38-35-33-30-28-25-23-20-17-14-11-8-5-2/h20,23,52H,4-19,21-22,24-51H2,1-3H3/b23-20-/t52-/m1/s1. The minimum atomic E-state index is -0.764. The second-order valence-corrected chi connectivity index (χ2v) is 18.5. The summed E-state index contributed by atoms with van der Waals surface area (Å²) in [6.45, 7) is 6.66. The highest BCUT2D eigenvalue weighted by Gasteiger charge is 2.19. The Balaban J connectivity index is 4.28. The molecule has 0 aliphatic rings. The van der Waals surface area contributed by atoms with Gasteiger partial charge in [-0.1, -0.05) is 251 Å². The maximum absolute atomic E-state index is 12.8. The molecule has 0 aliphatic carbocycles. The molecule has 0 bridgehead atoms. The summed E-state index contributed by atoms with van der Waals surface area (Å²) in [6, 6.07) is 0. The Hall–Kier alpha value is -1.85. The van der Waals surface area contributed by atoms with Crippen molar-refractivity contribution in [3.05, 3.63) is 12.2 Å². The van der Waals surface area contributed by atoms with Crippen LogP contribution < -0.4 is 0 Å². The summed E-state index contributed by atoms with van der Waals surface area (Å²) in [5.74, 6) is -0.852. The highest BCUT2D eigenvalue weighted by molar-refractivity contribution is 5.71. The molecular formula is C55H104O6. The smallest absolute Gasteiger partial charge is 0.306 e. The van der Waals surface area contributed by atoms with E-state index in [-0.39, 0.29) is 31.1 Å². The van der Waals surface area contributed by atoms with Gasteiger partial charge in [-0.25, -0.2) is 0 Å². The fourth-order valence-corrected chi connectivity index (χ4v) is 8.14. The first-order valence-corrected chi connectivity index (χ1v) is 27.2. The highest BCUT2D eigenvalue weighted by atomic mass is 16.6. The zero-order chi connectivity index (χ0) is 44.4. The summed E-state index contributed by atoms with van der Waals surface area (Å²) >= 11 is 0. The molecule has 360 valence electrons. The quantitative estimate of drug-likeness (QED) is 0.0262. The van der Waals surface area contributed by atoms with Crippen LogP contribution in [0.3, 0.4) is 0 Å². The Morgan fingerprint density at radius 1 is 0.311 bits per heavy atom. The SMILES string of the molecule is CCCCCC/C=C\CCCCCCCCCC(=O)OC[C@H](COC(=O)CCCCCCCCCCCCCCCCCCC)OC(=O)CCCCCCCCCCCCC. The van der Waals surface area contributed by atoms with Gasteiger partial charge in [0.15, 0.2) is 6.10 Å². The van der Waals surface area contributed by atoms with Crippen molar-refractivity contribution in [1.29, 1.82) is 0 Å². The number of hydrogen-bond acceptors (Lipinski definition) is 6. The van der Waals surface area contributed by atoms with E-state index in [2.05, 4.69) is 32.9 Å². The molecule has 6 heteroatoms. The van der Waals surface area contributed by atoms with E-state index in [9.17, 15) is 14.4 Å². The fraction of sp³-hybridized carbons (Fsp3) is 0.909. The molecule has 0 rings (SSSR count). The predicted molar refractivity (Wildman–Crippen MR) is 261 cm³/mol. The summed E-state index contributed by atoms with van der Waals surface area (Å²) in [5.41, 5.74) is 0. The summed E-state index contributed by atoms with van der Waals surface area (Å²) in [7, 11) is 0. The van der Waals surface area contributed by atoms with Crippen molar-refractivity contribution in [3.63, 3.8) is 0 Å². The molecule has 0 unspecified atom stereocenters. The van der Waals surface area contributed by atoms with Gasteiger partial charge in [0.2, 0.25) is 0 Å². The molecule has 0 heterocycles. The van der Waals surface area contributed by atoms with E-state index in [4.69, 9.17) is 14.2 Å². The van der Waals surface area contributed by atoms with Gasteiger partial charge >= 0.3 is 17.9 Å². The van der Waals surface area contributed by atoms with Crippen molar-refractivity contribution in [1.82, 2.24) is 0 Å². The molecule has 1 atom stereocenters. The Morgan fingerprint density at radius 3 is 0.836 bits per heavy atom. The van der Waals surface area contributed by atoms with Crippen LogP contribution in [-0.4, -0.2) is 37.2 Å². The number of hydrogen-bond donors (Lipinski definition) is 0. The first-order valence-electron chi connectivity index (χ1n) is 27.2. The van der Waals surface area contributed by atoms with E-state index in [0.29, 0.717) is 19.3 Å². The van der Waals surface area contributed by atoms with E-state index in [0.717, 1.165) is 57.8 Å². The lowest BCUT2D eigenvalue weighted by molar-refractivity contribution is -0.167. The minimum Gasteiger partial charge on any atom is -0.462 e. The fourth-order valence-electron chi connectivity index (χ4n) is 8.14. The minimum absolute atomic E-state index is 0.0657.